The first-order chi connectivity index (χ1) is 17.5. The number of para-hydroxylation sites is 1. The quantitative estimate of drug-likeness (QED) is 0.221. The lowest BCUT2D eigenvalue weighted by molar-refractivity contribution is 0.102. The molecule has 1 aromatic heterocycles. The Balaban J connectivity index is 1.62. The third kappa shape index (κ3) is 4.89. The lowest BCUT2D eigenvalue weighted by Gasteiger charge is -2.13. The van der Waals surface area contributed by atoms with Crippen molar-refractivity contribution in [3.05, 3.63) is 106 Å². The highest BCUT2D eigenvalue weighted by atomic mass is 19.1. The minimum Gasteiger partial charge on any atom is -0.496 e. The van der Waals surface area contributed by atoms with E-state index in [9.17, 15) is 14.0 Å². The summed E-state index contributed by atoms with van der Waals surface area (Å²) in [7, 11) is 1.60. The molecule has 0 spiro atoms. The van der Waals surface area contributed by atoms with Crippen molar-refractivity contribution in [2.45, 2.75) is 13.0 Å². The molecule has 0 saturated carbocycles. The van der Waals surface area contributed by atoms with Crippen LogP contribution in [0.4, 0.5) is 10.1 Å². The number of halogens is 1. The molecule has 0 aliphatic carbocycles. The minimum absolute atomic E-state index is 0.0574. The van der Waals surface area contributed by atoms with E-state index in [0.29, 0.717) is 18.5 Å². The van der Waals surface area contributed by atoms with E-state index in [2.05, 4.69) is 15.7 Å². The van der Waals surface area contributed by atoms with Gasteiger partial charge in [0.2, 0.25) is 0 Å². The molecule has 9 nitrogen and oxygen atoms in total. The normalized spacial score (nSPS) is 11.4. The maximum atomic E-state index is 14.6. The Kier molecular flexibility index (Phi) is 7.26. The summed E-state index contributed by atoms with van der Waals surface area (Å²) in [5.41, 5.74) is 9.44. The van der Waals surface area contributed by atoms with Crippen LogP contribution in [-0.2, 0) is 13.0 Å². The molecular weight excluding hydrogens is 463 g/mol. The maximum absolute atomic E-state index is 14.6. The van der Waals surface area contributed by atoms with Crippen LogP contribution in [-0.4, -0.2) is 22.6 Å². The smallest absolute Gasteiger partial charge is 0.263 e. The molecule has 6 N–H and O–H groups in total. The molecule has 0 aliphatic heterocycles. The molecule has 0 fully saturated rings. The molecule has 10 heteroatoms. The van der Waals surface area contributed by atoms with Crippen LogP contribution in [0.25, 0.3) is 16.6 Å². The van der Waals surface area contributed by atoms with Gasteiger partial charge in [0.15, 0.2) is 0 Å². The summed E-state index contributed by atoms with van der Waals surface area (Å²) in [6.45, 7) is 0.364. The highest BCUT2D eigenvalue weighted by molar-refractivity contribution is 6.08. The number of carbonyl (C=O) groups excluding carboxylic acids is 1. The van der Waals surface area contributed by atoms with E-state index in [-0.39, 0.29) is 33.5 Å². The topological polar surface area (TPSA) is 137 Å². The highest BCUT2D eigenvalue weighted by Gasteiger charge is 2.16. The number of amides is 1. The summed E-state index contributed by atoms with van der Waals surface area (Å²) >= 11 is 0. The number of fused-ring (bicyclic) bond motifs is 1. The Hall–Kier alpha value is -4.70. The number of nitrogens with zero attached hydrogens (tertiary/aromatic N) is 2. The molecule has 1 heterocycles. The number of anilines is 1. The van der Waals surface area contributed by atoms with Gasteiger partial charge in [-0.25, -0.2) is 9.37 Å². The monoisotopic (exact) mass is 488 g/mol. The average molecular weight is 489 g/mol. The highest BCUT2D eigenvalue weighted by Crippen LogP contribution is 2.22. The van der Waals surface area contributed by atoms with Crippen molar-refractivity contribution in [1.29, 1.82) is 0 Å². The van der Waals surface area contributed by atoms with Crippen molar-refractivity contribution in [3.8, 4) is 5.75 Å². The van der Waals surface area contributed by atoms with E-state index in [1.54, 1.807) is 25.3 Å². The number of aryl methyl sites for hydroxylation is 2. The second-order valence-electron chi connectivity index (χ2n) is 7.88. The number of nitrogens with two attached hydrogens (primary N) is 2. The number of benzene rings is 3. The molecule has 0 aliphatic rings. The van der Waals surface area contributed by atoms with Gasteiger partial charge in [-0.15, -0.1) is 0 Å². The van der Waals surface area contributed by atoms with Crippen molar-refractivity contribution < 1.29 is 13.9 Å². The third-order valence-corrected chi connectivity index (χ3v) is 5.76. The van der Waals surface area contributed by atoms with Crippen molar-refractivity contribution in [3.63, 3.8) is 0 Å². The molecule has 1 amide bonds. The number of hydrogen-bond donors (Lipinski definition) is 4. The van der Waals surface area contributed by atoms with Crippen molar-refractivity contribution >= 4 is 28.2 Å². The fourth-order valence-corrected chi connectivity index (χ4v) is 3.90. The SMILES string of the molecule is COc1ccccc1CCn1cnc2cccc(NC(=O)c3ccc(/C(=C/N)NN)c(F)c3)c2c1=O. The van der Waals surface area contributed by atoms with Crippen LogP contribution in [0.15, 0.2) is 78.0 Å². The van der Waals surface area contributed by atoms with Crippen LogP contribution in [0.2, 0.25) is 0 Å². The number of ether oxygens (including phenoxy) is 1. The van der Waals surface area contributed by atoms with E-state index in [0.717, 1.165) is 23.6 Å². The standard InChI is InChI=1S/C26H25FN6O3/c1-36-23-8-3-2-5-16(23)11-12-33-15-30-20-6-4-7-21(24(20)26(33)35)31-25(34)17-9-10-18(19(27)13-17)22(14-28)32-29/h2-10,13-15,32H,11-12,28-29H2,1H3,(H,31,34)/b22-14-. The number of rotatable bonds is 8. The van der Waals surface area contributed by atoms with Crippen molar-refractivity contribution in [1.82, 2.24) is 15.0 Å². The van der Waals surface area contributed by atoms with E-state index in [1.807, 2.05) is 24.3 Å². The molecule has 36 heavy (non-hydrogen) atoms. The van der Waals surface area contributed by atoms with E-state index in [4.69, 9.17) is 16.3 Å². The van der Waals surface area contributed by atoms with Crippen LogP contribution in [0.1, 0.15) is 21.5 Å². The molecule has 0 saturated heterocycles. The number of aromatic nitrogens is 2. The van der Waals surface area contributed by atoms with Gasteiger partial charge in [0.25, 0.3) is 11.5 Å². The number of carbonyl (C=O) groups is 1. The van der Waals surface area contributed by atoms with Crippen LogP contribution < -0.4 is 32.6 Å². The van der Waals surface area contributed by atoms with Crippen LogP contribution in [0.3, 0.4) is 0 Å². The number of hydrazine groups is 1. The fourth-order valence-electron chi connectivity index (χ4n) is 3.90. The van der Waals surface area contributed by atoms with Gasteiger partial charge < -0.3 is 21.2 Å². The predicted molar refractivity (Wildman–Crippen MR) is 137 cm³/mol. The Labute approximate surface area is 206 Å². The van der Waals surface area contributed by atoms with E-state index < -0.39 is 11.7 Å². The van der Waals surface area contributed by atoms with E-state index in [1.165, 1.54) is 23.0 Å². The van der Waals surface area contributed by atoms with Gasteiger partial charge in [0.1, 0.15) is 11.6 Å². The molecular formula is C26H25FN6O3. The van der Waals surface area contributed by atoms with Gasteiger partial charge in [0, 0.05) is 23.9 Å². The summed E-state index contributed by atoms with van der Waals surface area (Å²) in [4.78, 5) is 30.6. The molecule has 0 radical (unpaired) electrons. The average Bonchev–Trinajstić information content (AvgIpc) is 2.90. The second kappa shape index (κ2) is 10.7. The van der Waals surface area contributed by atoms with Crippen molar-refractivity contribution in [2.24, 2.45) is 11.6 Å². The van der Waals surface area contributed by atoms with Gasteiger partial charge in [-0.3, -0.25) is 20.0 Å². The minimum atomic E-state index is -0.685. The largest absolute Gasteiger partial charge is 0.496 e. The maximum Gasteiger partial charge on any atom is 0.263 e. The van der Waals surface area contributed by atoms with Gasteiger partial charge >= 0.3 is 0 Å². The first-order valence-corrected chi connectivity index (χ1v) is 11.1. The molecule has 4 rings (SSSR count). The number of methoxy groups -OCH3 is 1. The van der Waals surface area contributed by atoms with Gasteiger partial charge in [0.05, 0.1) is 35.7 Å². The zero-order valence-corrected chi connectivity index (χ0v) is 19.5. The van der Waals surface area contributed by atoms with Crippen LogP contribution in [0.5, 0.6) is 5.75 Å². The number of nitrogens with one attached hydrogen (secondary N) is 2. The molecule has 0 unspecified atom stereocenters. The van der Waals surface area contributed by atoms with E-state index >= 15 is 0 Å². The summed E-state index contributed by atoms with van der Waals surface area (Å²) < 4.78 is 21.4. The zero-order chi connectivity index (χ0) is 25.7. The summed E-state index contributed by atoms with van der Waals surface area (Å²) in [5.74, 6) is 4.81. The molecule has 4 aromatic rings. The fraction of sp³-hybridized carbons (Fsp3) is 0.115. The van der Waals surface area contributed by atoms with Crippen LogP contribution >= 0.6 is 0 Å². The molecule has 3 aromatic carbocycles. The first-order valence-electron chi connectivity index (χ1n) is 11.1. The summed E-state index contributed by atoms with van der Waals surface area (Å²) in [6.07, 6.45) is 3.15. The van der Waals surface area contributed by atoms with Gasteiger partial charge in [-0.05, 0) is 48.4 Å². The summed E-state index contributed by atoms with van der Waals surface area (Å²) in [5, 5.41) is 2.96. The number of hydrogen-bond acceptors (Lipinski definition) is 7. The molecule has 184 valence electrons. The van der Waals surface area contributed by atoms with Crippen molar-refractivity contribution in [2.75, 3.05) is 12.4 Å². The van der Waals surface area contributed by atoms with Crippen LogP contribution in [0, 0.1) is 5.82 Å². The Morgan fingerprint density at radius 3 is 2.69 bits per heavy atom. The predicted octanol–water partition coefficient (Wildman–Crippen LogP) is 2.76. The zero-order valence-electron chi connectivity index (χ0n) is 19.5. The third-order valence-electron chi connectivity index (χ3n) is 5.76. The lowest BCUT2D eigenvalue weighted by Crippen LogP contribution is -2.24. The van der Waals surface area contributed by atoms with Gasteiger partial charge in [-0.1, -0.05) is 24.3 Å². The Morgan fingerprint density at radius 2 is 1.97 bits per heavy atom. The van der Waals surface area contributed by atoms with Gasteiger partial charge in [-0.2, -0.15) is 0 Å². The Morgan fingerprint density at radius 1 is 1.17 bits per heavy atom. The second-order valence-corrected chi connectivity index (χ2v) is 7.88. The first kappa shape index (κ1) is 24.4. The molecule has 0 bridgehead atoms. The Bertz CT molecular complexity index is 1520. The molecule has 0 atom stereocenters. The lowest BCUT2D eigenvalue weighted by atomic mass is 10.1. The summed E-state index contributed by atoms with van der Waals surface area (Å²) in [6, 6.07) is 16.4.